The van der Waals surface area contributed by atoms with Gasteiger partial charge in [-0.05, 0) is 55.0 Å². The Morgan fingerprint density at radius 3 is 2.65 bits per heavy atom. The number of carbonyl (C=O) groups excluding carboxylic acids is 1. The standard InChI is InChI=1S/C28H28F3N7O2/c1-19-4-5-20(15-26(19)38-18-25(35-36-38)21-3-2-8-32-17-21)27(39)34-24-16-22(28(29,30)31)6-7-23(24)33-9-10-37-11-13-40-14-12-37/h2-8,15-18,33H,9-14H2,1H3,(H,34,39). The predicted molar refractivity (Wildman–Crippen MR) is 144 cm³/mol. The molecule has 1 saturated heterocycles. The van der Waals surface area contributed by atoms with Crippen molar-refractivity contribution in [3.63, 3.8) is 0 Å². The predicted octanol–water partition coefficient (Wildman–Crippen LogP) is 4.65. The van der Waals surface area contributed by atoms with Crippen LogP contribution in [0, 0.1) is 6.92 Å². The molecule has 2 aromatic carbocycles. The minimum absolute atomic E-state index is 0.0450. The van der Waals surface area contributed by atoms with Gasteiger partial charge in [0.15, 0.2) is 0 Å². The second kappa shape index (κ2) is 11.8. The summed E-state index contributed by atoms with van der Waals surface area (Å²) in [5, 5.41) is 14.2. The highest BCUT2D eigenvalue weighted by atomic mass is 19.4. The molecule has 1 aliphatic rings. The van der Waals surface area contributed by atoms with Crippen LogP contribution in [0.3, 0.4) is 0 Å². The molecule has 1 amide bonds. The maximum atomic E-state index is 13.5. The Labute approximate surface area is 229 Å². The van der Waals surface area contributed by atoms with Crippen molar-refractivity contribution in [1.82, 2.24) is 24.9 Å². The van der Waals surface area contributed by atoms with Crippen molar-refractivity contribution in [3.05, 3.63) is 83.8 Å². The molecular weight excluding hydrogens is 523 g/mol. The second-order valence-corrected chi connectivity index (χ2v) is 9.38. The molecule has 0 unspecified atom stereocenters. The zero-order valence-corrected chi connectivity index (χ0v) is 21.8. The van der Waals surface area contributed by atoms with Gasteiger partial charge < -0.3 is 15.4 Å². The molecule has 0 bridgehead atoms. The number of pyridine rings is 1. The maximum Gasteiger partial charge on any atom is 0.416 e. The summed E-state index contributed by atoms with van der Waals surface area (Å²) in [6, 6.07) is 11.9. The van der Waals surface area contributed by atoms with Crippen LogP contribution in [0.5, 0.6) is 0 Å². The Kier molecular flexibility index (Phi) is 8.08. The van der Waals surface area contributed by atoms with E-state index in [0.29, 0.717) is 43.4 Å². The van der Waals surface area contributed by atoms with Crippen LogP contribution in [0.15, 0.2) is 67.1 Å². The van der Waals surface area contributed by atoms with Gasteiger partial charge in [-0.15, -0.1) is 5.10 Å². The van der Waals surface area contributed by atoms with Gasteiger partial charge in [0, 0.05) is 49.7 Å². The van der Waals surface area contributed by atoms with E-state index in [0.717, 1.165) is 36.3 Å². The van der Waals surface area contributed by atoms with Gasteiger partial charge in [-0.3, -0.25) is 14.7 Å². The molecule has 3 heterocycles. The number of halogens is 3. The molecule has 40 heavy (non-hydrogen) atoms. The van der Waals surface area contributed by atoms with E-state index in [2.05, 4.69) is 30.8 Å². The molecule has 0 radical (unpaired) electrons. The summed E-state index contributed by atoms with van der Waals surface area (Å²) >= 11 is 0. The third kappa shape index (κ3) is 6.46. The number of nitrogens with one attached hydrogen (secondary N) is 2. The summed E-state index contributed by atoms with van der Waals surface area (Å²) in [5.41, 5.74) is 2.71. The zero-order valence-electron chi connectivity index (χ0n) is 21.8. The maximum absolute atomic E-state index is 13.5. The van der Waals surface area contributed by atoms with Crippen LogP contribution >= 0.6 is 0 Å². The third-order valence-corrected chi connectivity index (χ3v) is 6.61. The number of carbonyl (C=O) groups is 1. The molecular formula is C28H28F3N7O2. The van der Waals surface area contributed by atoms with Gasteiger partial charge in [-0.2, -0.15) is 13.2 Å². The van der Waals surface area contributed by atoms with Crippen molar-refractivity contribution < 1.29 is 22.7 Å². The number of alkyl halides is 3. The van der Waals surface area contributed by atoms with Crippen molar-refractivity contribution in [2.24, 2.45) is 0 Å². The van der Waals surface area contributed by atoms with Gasteiger partial charge in [0.2, 0.25) is 0 Å². The molecule has 2 aromatic heterocycles. The van der Waals surface area contributed by atoms with Gasteiger partial charge in [0.1, 0.15) is 5.69 Å². The van der Waals surface area contributed by atoms with Crippen molar-refractivity contribution in [1.29, 1.82) is 0 Å². The van der Waals surface area contributed by atoms with Crippen LogP contribution in [-0.2, 0) is 10.9 Å². The van der Waals surface area contributed by atoms with Gasteiger partial charge >= 0.3 is 6.18 Å². The van der Waals surface area contributed by atoms with Crippen LogP contribution in [0.1, 0.15) is 21.5 Å². The number of hydrogen-bond donors (Lipinski definition) is 2. The molecule has 4 aromatic rings. The van der Waals surface area contributed by atoms with E-state index in [-0.39, 0.29) is 11.3 Å². The molecule has 1 aliphatic heterocycles. The summed E-state index contributed by atoms with van der Waals surface area (Å²) < 4.78 is 47.4. The SMILES string of the molecule is Cc1ccc(C(=O)Nc2cc(C(F)(F)F)ccc2NCCN2CCOCC2)cc1-n1cc(-c2cccnc2)nn1. The van der Waals surface area contributed by atoms with Gasteiger partial charge in [-0.25, -0.2) is 4.68 Å². The Bertz CT molecular complexity index is 1470. The third-order valence-electron chi connectivity index (χ3n) is 6.61. The summed E-state index contributed by atoms with van der Waals surface area (Å²) in [6.07, 6.45) is 0.509. The van der Waals surface area contributed by atoms with Crippen LogP contribution < -0.4 is 10.6 Å². The Morgan fingerprint density at radius 2 is 1.90 bits per heavy atom. The largest absolute Gasteiger partial charge is 0.416 e. The van der Waals surface area contributed by atoms with E-state index in [9.17, 15) is 18.0 Å². The van der Waals surface area contributed by atoms with Gasteiger partial charge in [0.05, 0.1) is 42.0 Å². The van der Waals surface area contributed by atoms with Crippen LogP contribution in [-0.4, -0.2) is 70.2 Å². The first-order valence-corrected chi connectivity index (χ1v) is 12.8. The number of rotatable bonds is 8. The van der Waals surface area contributed by atoms with Crippen LogP contribution in [0.25, 0.3) is 16.9 Å². The molecule has 1 fully saturated rings. The lowest BCUT2D eigenvalue weighted by Crippen LogP contribution is -2.39. The monoisotopic (exact) mass is 551 g/mol. The lowest BCUT2D eigenvalue weighted by molar-refractivity contribution is -0.137. The van der Waals surface area contributed by atoms with Gasteiger partial charge in [-0.1, -0.05) is 11.3 Å². The minimum atomic E-state index is -4.55. The summed E-state index contributed by atoms with van der Waals surface area (Å²) in [6.45, 7) is 5.95. The molecule has 0 aliphatic carbocycles. The number of aryl methyl sites for hydroxylation is 1. The van der Waals surface area contributed by atoms with Crippen molar-refractivity contribution in [2.45, 2.75) is 13.1 Å². The highest BCUT2D eigenvalue weighted by molar-refractivity contribution is 6.06. The normalized spacial score (nSPS) is 14.2. The quantitative estimate of drug-likeness (QED) is 0.329. The van der Waals surface area contributed by atoms with E-state index >= 15 is 0 Å². The zero-order chi connectivity index (χ0) is 28.1. The first kappa shape index (κ1) is 27.3. The summed E-state index contributed by atoms with van der Waals surface area (Å²) in [5.74, 6) is -0.551. The fourth-order valence-electron chi connectivity index (χ4n) is 4.37. The van der Waals surface area contributed by atoms with Crippen molar-refractivity contribution in [3.8, 4) is 16.9 Å². The molecule has 0 saturated carbocycles. The van der Waals surface area contributed by atoms with E-state index in [1.165, 1.54) is 6.07 Å². The number of nitrogens with zero attached hydrogens (tertiary/aromatic N) is 5. The number of morpholine rings is 1. The summed E-state index contributed by atoms with van der Waals surface area (Å²) in [7, 11) is 0. The van der Waals surface area contributed by atoms with Gasteiger partial charge in [0.25, 0.3) is 5.91 Å². The Balaban J connectivity index is 1.36. The Hall–Kier alpha value is -4.29. The number of amides is 1. The van der Waals surface area contributed by atoms with E-state index in [1.807, 2.05) is 13.0 Å². The van der Waals surface area contributed by atoms with Crippen LogP contribution in [0.2, 0.25) is 0 Å². The molecule has 5 rings (SSSR count). The smallest absolute Gasteiger partial charge is 0.382 e. The minimum Gasteiger partial charge on any atom is -0.382 e. The van der Waals surface area contributed by atoms with Crippen LogP contribution in [0.4, 0.5) is 24.5 Å². The average molecular weight is 552 g/mol. The first-order chi connectivity index (χ1) is 19.3. The summed E-state index contributed by atoms with van der Waals surface area (Å²) in [4.78, 5) is 19.6. The molecule has 12 heteroatoms. The highest BCUT2D eigenvalue weighted by Crippen LogP contribution is 2.34. The number of anilines is 2. The van der Waals surface area contributed by atoms with E-state index in [4.69, 9.17) is 4.74 Å². The number of ether oxygens (including phenoxy) is 1. The molecule has 9 nitrogen and oxygen atoms in total. The highest BCUT2D eigenvalue weighted by Gasteiger charge is 2.31. The lowest BCUT2D eigenvalue weighted by Gasteiger charge is -2.27. The topological polar surface area (TPSA) is 97.2 Å². The lowest BCUT2D eigenvalue weighted by atomic mass is 10.1. The molecule has 208 valence electrons. The second-order valence-electron chi connectivity index (χ2n) is 9.38. The average Bonchev–Trinajstić information content (AvgIpc) is 3.45. The van der Waals surface area contributed by atoms with E-state index < -0.39 is 17.6 Å². The Morgan fingerprint density at radius 1 is 1.07 bits per heavy atom. The fraction of sp³-hybridized carbons (Fsp3) is 0.286. The number of benzene rings is 2. The number of aromatic nitrogens is 4. The van der Waals surface area contributed by atoms with Crippen molar-refractivity contribution >= 4 is 17.3 Å². The van der Waals surface area contributed by atoms with Crippen molar-refractivity contribution in [2.75, 3.05) is 50.0 Å². The molecule has 0 spiro atoms. The molecule has 0 atom stereocenters. The fourth-order valence-corrected chi connectivity index (χ4v) is 4.37. The molecule has 2 N–H and O–H groups in total. The number of hydrogen-bond acceptors (Lipinski definition) is 7. The van der Waals surface area contributed by atoms with E-state index in [1.54, 1.807) is 47.5 Å². The first-order valence-electron chi connectivity index (χ1n) is 12.8.